The first-order chi connectivity index (χ1) is 9.19. The Morgan fingerprint density at radius 3 is 2.84 bits per heavy atom. The number of benzene rings is 1. The Morgan fingerprint density at radius 1 is 1.42 bits per heavy atom. The van der Waals surface area contributed by atoms with Gasteiger partial charge in [-0.05, 0) is 52.0 Å². The lowest BCUT2D eigenvalue weighted by atomic mass is 9.96. The number of hydrogen-bond acceptors (Lipinski definition) is 3. The third kappa shape index (κ3) is 3.96. The summed E-state index contributed by atoms with van der Waals surface area (Å²) in [5.41, 5.74) is 0.815. The molecule has 104 valence electrons. The van der Waals surface area contributed by atoms with Gasteiger partial charge in [0.25, 0.3) is 0 Å². The molecule has 1 fully saturated rings. The number of piperidine rings is 1. The van der Waals surface area contributed by atoms with Gasteiger partial charge in [-0.3, -0.25) is 4.79 Å². The number of carbonyl (C=O) groups is 1. The van der Waals surface area contributed by atoms with Gasteiger partial charge >= 0.3 is 0 Å². The highest BCUT2D eigenvalue weighted by Gasteiger charge is 2.23. The zero-order chi connectivity index (χ0) is 13.7. The molecule has 0 radical (unpaired) electrons. The van der Waals surface area contributed by atoms with Gasteiger partial charge in [-0.15, -0.1) is 0 Å². The third-order valence-corrected chi connectivity index (χ3v) is 3.50. The van der Waals surface area contributed by atoms with Crippen molar-refractivity contribution in [3.8, 4) is 5.75 Å². The highest BCUT2D eigenvalue weighted by atomic mass is 16.5. The van der Waals surface area contributed by atoms with E-state index in [-0.39, 0.29) is 11.8 Å². The van der Waals surface area contributed by atoms with E-state index >= 15 is 0 Å². The molecule has 1 aromatic rings. The predicted molar refractivity (Wildman–Crippen MR) is 76.5 cm³/mol. The standard InChI is InChI=1S/C15H22N2O2/c1-3-19-14-6-4-5-13(11-14)16-15(18)12-7-9-17(2)10-8-12/h4-6,11-12H,3,7-10H2,1-2H3,(H,16,18). The van der Waals surface area contributed by atoms with E-state index in [1.54, 1.807) is 0 Å². The van der Waals surface area contributed by atoms with Crippen molar-refractivity contribution in [2.75, 3.05) is 32.1 Å². The van der Waals surface area contributed by atoms with Crippen molar-refractivity contribution in [2.24, 2.45) is 5.92 Å². The Labute approximate surface area is 114 Å². The minimum absolute atomic E-state index is 0.127. The molecule has 0 saturated carbocycles. The van der Waals surface area contributed by atoms with Gasteiger partial charge in [0.15, 0.2) is 0 Å². The zero-order valence-corrected chi connectivity index (χ0v) is 11.7. The Morgan fingerprint density at radius 2 is 2.16 bits per heavy atom. The fourth-order valence-electron chi connectivity index (χ4n) is 2.35. The lowest BCUT2D eigenvalue weighted by Gasteiger charge is -2.28. The van der Waals surface area contributed by atoms with Gasteiger partial charge in [-0.2, -0.15) is 0 Å². The molecule has 4 heteroatoms. The van der Waals surface area contributed by atoms with E-state index in [0.29, 0.717) is 6.61 Å². The highest BCUT2D eigenvalue weighted by molar-refractivity contribution is 5.92. The Balaban J connectivity index is 1.93. The largest absolute Gasteiger partial charge is 0.494 e. The van der Waals surface area contributed by atoms with E-state index in [1.165, 1.54) is 0 Å². The summed E-state index contributed by atoms with van der Waals surface area (Å²) in [4.78, 5) is 14.4. The van der Waals surface area contributed by atoms with Gasteiger partial charge < -0.3 is 15.0 Å². The van der Waals surface area contributed by atoms with Crippen LogP contribution in [0.15, 0.2) is 24.3 Å². The summed E-state index contributed by atoms with van der Waals surface area (Å²) in [6, 6.07) is 7.57. The van der Waals surface area contributed by atoms with Crippen molar-refractivity contribution >= 4 is 11.6 Å². The molecule has 1 N–H and O–H groups in total. The first-order valence-corrected chi connectivity index (χ1v) is 6.91. The van der Waals surface area contributed by atoms with Crippen LogP contribution in [0.3, 0.4) is 0 Å². The van der Waals surface area contributed by atoms with E-state index in [4.69, 9.17) is 4.74 Å². The summed E-state index contributed by atoms with van der Waals surface area (Å²) in [6.45, 7) is 4.57. The SMILES string of the molecule is CCOc1cccc(NC(=O)C2CCN(C)CC2)c1. The van der Waals surface area contributed by atoms with Crippen LogP contribution in [0.1, 0.15) is 19.8 Å². The second-order valence-electron chi connectivity index (χ2n) is 5.03. The van der Waals surface area contributed by atoms with Crippen LogP contribution in [0, 0.1) is 5.92 Å². The van der Waals surface area contributed by atoms with Crippen LogP contribution in [-0.2, 0) is 4.79 Å². The van der Waals surface area contributed by atoms with Crippen LogP contribution < -0.4 is 10.1 Å². The predicted octanol–water partition coefficient (Wildman–Crippen LogP) is 2.37. The van der Waals surface area contributed by atoms with Crippen molar-refractivity contribution in [1.29, 1.82) is 0 Å². The zero-order valence-electron chi connectivity index (χ0n) is 11.7. The first-order valence-electron chi connectivity index (χ1n) is 6.91. The summed E-state index contributed by atoms with van der Waals surface area (Å²) in [5.74, 6) is 1.05. The highest BCUT2D eigenvalue weighted by Crippen LogP contribution is 2.21. The van der Waals surface area contributed by atoms with Gasteiger partial charge in [-0.25, -0.2) is 0 Å². The molecule has 0 atom stereocenters. The summed E-state index contributed by atoms with van der Waals surface area (Å²) >= 11 is 0. The molecule has 0 aromatic heterocycles. The minimum atomic E-state index is 0.127. The molecule has 0 bridgehead atoms. The summed E-state index contributed by atoms with van der Waals surface area (Å²) in [5, 5.41) is 2.99. The fourth-order valence-corrected chi connectivity index (χ4v) is 2.35. The Kier molecular flexibility index (Phi) is 4.80. The maximum atomic E-state index is 12.2. The summed E-state index contributed by atoms with van der Waals surface area (Å²) in [7, 11) is 2.10. The number of nitrogens with one attached hydrogen (secondary N) is 1. The molecule has 2 rings (SSSR count). The van der Waals surface area contributed by atoms with Crippen LogP contribution in [0.4, 0.5) is 5.69 Å². The molecular formula is C15H22N2O2. The Hall–Kier alpha value is -1.55. The van der Waals surface area contributed by atoms with Crippen LogP contribution >= 0.6 is 0 Å². The number of ether oxygens (including phenoxy) is 1. The van der Waals surface area contributed by atoms with Gasteiger partial charge in [-0.1, -0.05) is 6.07 Å². The van der Waals surface area contributed by atoms with Crippen molar-refractivity contribution in [2.45, 2.75) is 19.8 Å². The van der Waals surface area contributed by atoms with E-state index in [1.807, 2.05) is 31.2 Å². The molecule has 1 aliphatic rings. The summed E-state index contributed by atoms with van der Waals surface area (Å²) < 4.78 is 5.43. The lowest BCUT2D eigenvalue weighted by molar-refractivity contribution is -0.121. The number of likely N-dealkylation sites (tertiary alicyclic amines) is 1. The molecule has 1 aliphatic heterocycles. The van der Waals surface area contributed by atoms with Crippen LogP contribution in [0.25, 0.3) is 0 Å². The topological polar surface area (TPSA) is 41.6 Å². The van der Waals surface area contributed by atoms with Gasteiger partial charge in [0.1, 0.15) is 5.75 Å². The third-order valence-electron chi connectivity index (χ3n) is 3.50. The lowest BCUT2D eigenvalue weighted by Crippen LogP contribution is -2.35. The molecule has 1 aromatic carbocycles. The molecule has 4 nitrogen and oxygen atoms in total. The molecular weight excluding hydrogens is 240 g/mol. The molecule has 19 heavy (non-hydrogen) atoms. The van der Waals surface area contributed by atoms with E-state index in [0.717, 1.165) is 37.4 Å². The fraction of sp³-hybridized carbons (Fsp3) is 0.533. The quantitative estimate of drug-likeness (QED) is 0.905. The van der Waals surface area contributed by atoms with Crippen molar-refractivity contribution in [1.82, 2.24) is 4.90 Å². The van der Waals surface area contributed by atoms with E-state index in [9.17, 15) is 4.79 Å². The van der Waals surface area contributed by atoms with Gasteiger partial charge in [0.05, 0.1) is 6.61 Å². The number of hydrogen-bond donors (Lipinski definition) is 1. The maximum absolute atomic E-state index is 12.2. The first kappa shape index (κ1) is 13.9. The van der Waals surface area contributed by atoms with Crippen LogP contribution in [-0.4, -0.2) is 37.6 Å². The van der Waals surface area contributed by atoms with Crippen LogP contribution in [0.5, 0.6) is 5.75 Å². The molecule has 1 amide bonds. The second-order valence-corrected chi connectivity index (χ2v) is 5.03. The summed E-state index contributed by atoms with van der Waals surface area (Å²) in [6.07, 6.45) is 1.88. The van der Waals surface area contributed by atoms with E-state index in [2.05, 4.69) is 17.3 Å². The number of anilines is 1. The minimum Gasteiger partial charge on any atom is -0.494 e. The molecule has 0 aliphatic carbocycles. The van der Waals surface area contributed by atoms with Gasteiger partial charge in [0, 0.05) is 17.7 Å². The normalized spacial score (nSPS) is 17.2. The van der Waals surface area contributed by atoms with Crippen LogP contribution in [0.2, 0.25) is 0 Å². The maximum Gasteiger partial charge on any atom is 0.227 e. The number of carbonyl (C=O) groups excluding carboxylic acids is 1. The number of amides is 1. The molecule has 0 spiro atoms. The average Bonchev–Trinajstić information content (AvgIpc) is 2.40. The van der Waals surface area contributed by atoms with E-state index < -0.39 is 0 Å². The smallest absolute Gasteiger partial charge is 0.227 e. The second kappa shape index (κ2) is 6.57. The van der Waals surface area contributed by atoms with Crippen molar-refractivity contribution < 1.29 is 9.53 Å². The number of rotatable bonds is 4. The van der Waals surface area contributed by atoms with Crippen molar-refractivity contribution in [3.63, 3.8) is 0 Å². The molecule has 1 heterocycles. The Bertz CT molecular complexity index is 426. The van der Waals surface area contributed by atoms with Crippen molar-refractivity contribution in [3.05, 3.63) is 24.3 Å². The molecule has 0 unspecified atom stereocenters. The average molecular weight is 262 g/mol. The number of nitrogens with zero attached hydrogens (tertiary/aromatic N) is 1. The van der Waals surface area contributed by atoms with Gasteiger partial charge in [0.2, 0.25) is 5.91 Å². The molecule has 1 saturated heterocycles. The monoisotopic (exact) mass is 262 g/mol.